The van der Waals surface area contributed by atoms with Gasteiger partial charge in [0.1, 0.15) is 0 Å². The largest absolute Gasteiger partial charge is 0.395 e. The van der Waals surface area contributed by atoms with E-state index in [2.05, 4.69) is 22.6 Å². The molecule has 1 aliphatic heterocycles. The van der Waals surface area contributed by atoms with Crippen molar-refractivity contribution in [3.8, 4) is 0 Å². The fourth-order valence-corrected chi connectivity index (χ4v) is 2.28. The molecule has 4 heteroatoms. The molecule has 0 aromatic rings. The van der Waals surface area contributed by atoms with Crippen LogP contribution in [0, 0.1) is 0 Å². The zero-order valence-corrected chi connectivity index (χ0v) is 8.45. The second kappa shape index (κ2) is 4.25. The molecule has 1 N–H and O–H groups in total. The molecule has 1 aliphatic rings. The maximum absolute atomic E-state index is 11.1. The van der Waals surface area contributed by atoms with E-state index >= 15 is 0 Å². The Labute approximate surface area is 79.9 Å². The maximum Gasteiger partial charge on any atom is 0.222 e. The fourth-order valence-electron chi connectivity index (χ4n) is 1.37. The van der Waals surface area contributed by atoms with Gasteiger partial charge in [-0.05, 0) is 6.42 Å². The number of β-amino-alcohol motifs (C(OH)–C–C–N with tert-alkyl or cyclic N) is 1. The summed E-state index contributed by atoms with van der Waals surface area (Å²) in [6.45, 7) is 0.589. The molecule has 0 spiro atoms. The Morgan fingerprint density at radius 3 is 3.00 bits per heavy atom. The van der Waals surface area contributed by atoms with Gasteiger partial charge < -0.3 is 10.0 Å². The van der Waals surface area contributed by atoms with E-state index in [1.807, 2.05) is 0 Å². The molecule has 0 radical (unpaired) electrons. The van der Waals surface area contributed by atoms with Crippen LogP contribution in [0.4, 0.5) is 0 Å². The normalized spacial score (nSPS) is 24.7. The lowest BCUT2D eigenvalue weighted by Gasteiger charge is -2.21. The van der Waals surface area contributed by atoms with Gasteiger partial charge in [0.25, 0.3) is 0 Å². The first-order chi connectivity index (χ1) is 5.29. The number of aliphatic hydroxyl groups is 1. The molecule has 11 heavy (non-hydrogen) atoms. The summed E-state index contributed by atoms with van der Waals surface area (Å²) in [4.78, 5) is 12.9. The van der Waals surface area contributed by atoms with Gasteiger partial charge in [-0.3, -0.25) is 4.79 Å². The highest BCUT2D eigenvalue weighted by molar-refractivity contribution is 14.1. The molecule has 1 heterocycles. The fraction of sp³-hybridized carbons (Fsp3) is 0.857. The molecular formula is C7H12INO2. The summed E-state index contributed by atoms with van der Waals surface area (Å²) in [6.07, 6.45) is 1.62. The summed E-state index contributed by atoms with van der Waals surface area (Å²) in [6, 6.07) is 0.371. The van der Waals surface area contributed by atoms with Crippen molar-refractivity contribution >= 4 is 28.5 Å². The van der Waals surface area contributed by atoms with Crippen molar-refractivity contribution in [1.82, 2.24) is 4.90 Å². The Kier molecular flexibility index (Phi) is 3.58. The lowest BCUT2D eigenvalue weighted by molar-refractivity contribution is -0.129. The molecule has 1 amide bonds. The molecule has 0 bridgehead atoms. The van der Waals surface area contributed by atoms with Crippen LogP contribution in [0.25, 0.3) is 0 Å². The van der Waals surface area contributed by atoms with E-state index in [4.69, 9.17) is 5.11 Å². The number of hydrogen-bond acceptors (Lipinski definition) is 2. The van der Waals surface area contributed by atoms with E-state index in [0.29, 0.717) is 19.0 Å². The highest BCUT2D eigenvalue weighted by atomic mass is 127. The van der Waals surface area contributed by atoms with E-state index < -0.39 is 0 Å². The number of alkyl halides is 1. The number of likely N-dealkylation sites (tertiary alicyclic amines) is 1. The Bertz CT molecular complexity index is 151. The number of hydrogen-bond donors (Lipinski definition) is 1. The SMILES string of the molecule is O=C1CCC(CI)N1CCO. The van der Waals surface area contributed by atoms with Gasteiger partial charge in [0.05, 0.1) is 6.61 Å². The van der Waals surface area contributed by atoms with Gasteiger partial charge in [0.15, 0.2) is 0 Å². The molecule has 1 rings (SSSR count). The number of rotatable bonds is 3. The van der Waals surface area contributed by atoms with Crippen LogP contribution in [0.3, 0.4) is 0 Å². The Hall–Kier alpha value is 0.160. The molecule has 0 aliphatic carbocycles. The van der Waals surface area contributed by atoms with Crippen molar-refractivity contribution in [2.45, 2.75) is 18.9 Å². The number of halogens is 1. The number of nitrogens with zero attached hydrogens (tertiary/aromatic N) is 1. The lowest BCUT2D eigenvalue weighted by atomic mass is 10.2. The van der Waals surface area contributed by atoms with Crippen LogP contribution in [0.5, 0.6) is 0 Å². The molecule has 1 fully saturated rings. The highest BCUT2D eigenvalue weighted by Crippen LogP contribution is 2.19. The minimum absolute atomic E-state index is 0.0822. The van der Waals surface area contributed by atoms with E-state index in [1.165, 1.54) is 0 Å². The summed E-state index contributed by atoms with van der Waals surface area (Å²) < 4.78 is 0.976. The van der Waals surface area contributed by atoms with Gasteiger partial charge in [0, 0.05) is 23.4 Å². The first-order valence-electron chi connectivity index (χ1n) is 3.76. The molecule has 1 saturated heterocycles. The van der Waals surface area contributed by atoms with Crippen molar-refractivity contribution in [3.63, 3.8) is 0 Å². The van der Waals surface area contributed by atoms with Crippen LogP contribution < -0.4 is 0 Å². The van der Waals surface area contributed by atoms with E-state index in [-0.39, 0.29) is 12.5 Å². The van der Waals surface area contributed by atoms with Crippen molar-refractivity contribution < 1.29 is 9.90 Å². The number of amides is 1. The van der Waals surface area contributed by atoms with E-state index in [1.54, 1.807) is 4.90 Å². The minimum Gasteiger partial charge on any atom is -0.395 e. The maximum atomic E-state index is 11.1. The Morgan fingerprint density at radius 2 is 2.45 bits per heavy atom. The molecular weight excluding hydrogens is 257 g/mol. The van der Waals surface area contributed by atoms with Crippen molar-refractivity contribution in [2.24, 2.45) is 0 Å². The summed E-state index contributed by atoms with van der Waals surface area (Å²) in [5.41, 5.74) is 0. The van der Waals surface area contributed by atoms with Crippen molar-refractivity contribution in [2.75, 3.05) is 17.6 Å². The Balaban J connectivity index is 2.49. The molecule has 0 saturated carbocycles. The summed E-state index contributed by atoms with van der Waals surface area (Å²) in [5.74, 6) is 0.195. The van der Waals surface area contributed by atoms with Gasteiger partial charge >= 0.3 is 0 Å². The number of carbonyl (C=O) groups is 1. The van der Waals surface area contributed by atoms with Gasteiger partial charge in [-0.15, -0.1) is 0 Å². The molecule has 64 valence electrons. The first-order valence-corrected chi connectivity index (χ1v) is 5.28. The third-order valence-electron chi connectivity index (χ3n) is 1.97. The standard InChI is InChI=1S/C7H12INO2/c8-5-6-1-2-7(11)9(6)3-4-10/h6,10H,1-5H2. The van der Waals surface area contributed by atoms with Crippen LogP contribution in [0.1, 0.15) is 12.8 Å². The third-order valence-corrected chi connectivity index (χ3v) is 2.99. The number of carbonyl (C=O) groups excluding carboxylic acids is 1. The third kappa shape index (κ3) is 2.05. The van der Waals surface area contributed by atoms with Crippen molar-refractivity contribution in [1.29, 1.82) is 0 Å². The van der Waals surface area contributed by atoms with Crippen LogP contribution in [0.2, 0.25) is 0 Å². The molecule has 1 atom stereocenters. The Morgan fingerprint density at radius 1 is 1.73 bits per heavy atom. The molecule has 3 nitrogen and oxygen atoms in total. The van der Waals surface area contributed by atoms with Crippen LogP contribution in [0.15, 0.2) is 0 Å². The second-order valence-electron chi connectivity index (χ2n) is 2.66. The molecule has 0 aromatic carbocycles. The lowest BCUT2D eigenvalue weighted by Crippen LogP contribution is -2.36. The monoisotopic (exact) mass is 269 g/mol. The summed E-state index contributed by atoms with van der Waals surface area (Å²) >= 11 is 2.28. The topological polar surface area (TPSA) is 40.5 Å². The summed E-state index contributed by atoms with van der Waals surface area (Å²) in [7, 11) is 0. The average Bonchev–Trinajstić information content (AvgIpc) is 2.34. The molecule has 0 aromatic heterocycles. The average molecular weight is 269 g/mol. The molecule has 1 unspecified atom stereocenters. The van der Waals surface area contributed by atoms with E-state index in [9.17, 15) is 4.79 Å². The smallest absolute Gasteiger partial charge is 0.222 e. The summed E-state index contributed by atoms with van der Waals surface area (Å²) in [5, 5.41) is 8.66. The van der Waals surface area contributed by atoms with Crippen LogP contribution in [-0.2, 0) is 4.79 Å². The highest BCUT2D eigenvalue weighted by Gasteiger charge is 2.28. The quantitative estimate of drug-likeness (QED) is 0.595. The van der Waals surface area contributed by atoms with Crippen LogP contribution in [-0.4, -0.2) is 39.5 Å². The predicted molar refractivity (Wildman–Crippen MR) is 50.7 cm³/mol. The van der Waals surface area contributed by atoms with Gasteiger partial charge in [-0.25, -0.2) is 0 Å². The zero-order valence-electron chi connectivity index (χ0n) is 6.29. The van der Waals surface area contributed by atoms with Crippen molar-refractivity contribution in [3.05, 3.63) is 0 Å². The zero-order chi connectivity index (χ0) is 8.27. The van der Waals surface area contributed by atoms with Gasteiger partial charge in [-0.1, -0.05) is 22.6 Å². The first kappa shape index (κ1) is 9.25. The second-order valence-corrected chi connectivity index (χ2v) is 3.54. The van der Waals surface area contributed by atoms with Gasteiger partial charge in [0.2, 0.25) is 5.91 Å². The van der Waals surface area contributed by atoms with E-state index in [0.717, 1.165) is 10.8 Å². The van der Waals surface area contributed by atoms with Gasteiger partial charge in [-0.2, -0.15) is 0 Å². The predicted octanol–water partition coefficient (Wildman–Crippen LogP) is 0.405. The minimum atomic E-state index is 0.0822. The van der Waals surface area contributed by atoms with Crippen LogP contribution >= 0.6 is 22.6 Å². The number of aliphatic hydroxyl groups excluding tert-OH is 1.